The highest BCUT2D eigenvalue weighted by Gasteiger charge is 2.36. The molecule has 1 aromatic heterocycles. The van der Waals surface area contributed by atoms with Crippen molar-refractivity contribution in [1.29, 1.82) is 0 Å². The molecule has 1 aliphatic carbocycles. The van der Waals surface area contributed by atoms with Crippen molar-refractivity contribution in [2.24, 2.45) is 17.8 Å². The number of aromatic nitrogens is 1. The molecule has 1 N–H and O–H groups in total. The lowest BCUT2D eigenvalue weighted by Gasteiger charge is -2.34. The molecule has 1 atom stereocenters. The van der Waals surface area contributed by atoms with E-state index in [2.05, 4.69) is 24.1 Å². The number of hydrogen-bond acceptors (Lipinski definition) is 3. The fourth-order valence-corrected chi connectivity index (χ4v) is 4.30. The van der Waals surface area contributed by atoms with Gasteiger partial charge in [-0.3, -0.25) is 0 Å². The lowest BCUT2D eigenvalue weighted by Crippen LogP contribution is -2.29. The highest BCUT2D eigenvalue weighted by atomic mass is 32.1. The van der Waals surface area contributed by atoms with E-state index in [1.54, 1.807) is 0 Å². The predicted molar refractivity (Wildman–Crippen MR) is 79.2 cm³/mol. The third-order valence-corrected chi connectivity index (χ3v) is 5.74. The van der Waals surface area contributed by atoms with E-state index < -0.39 is 11.2 Å². The number of alkyl halides is 3. The Morgan fingerprint density at radius 1 is 1.19 bits per heavy atom. The summed E-state index contributed by atoms with van der Waals surface area (Å²) < 4.78 is 38.0. The minimum absolute atomic E-state index is 0.00767. The third-order valence-electron chi connectivity index (χ3n) is 4.61. The van der Waals surface area contributed by atoms with Crippen molar-refractivity contribution in [2.45, 2.75) is 51.7 Å². The van der Waals surface area contributed by atoms with Crippen LogP contribution >= 0.6 is 11.3 Å². The number of rotatable bonds is 4. The monoisotopic (exact) mass is 320 g/mol. The fourth-order valence-electron chi connectivity index (χ4n) is 3.32. The van der Waals surface area contributed by atoms with Crippen LogP contribution in [0.3, 0.4) is 0 Å². The Hall–Kier alpha value is -0.620. The average Bonchev–Trinajstić information content (AvgIpc) is 2.90. The van der Waals surface area contributed by atoms with Gasteiger partial charge in [0.25, 0.3) is 0 Å². The largest absolute Gasteiger partial charge is 0.443 e. The SMILES string of the molecule is CNC(c1cnc(C(F)(F)F)s1)C1CCC(C(C)C)CC1. The molecule has 0 bridgehead atoms. The second-order valence-corrected chi connectivity index (χ2v) is 7.31. The average molecular weight is 320 g/mol. The van der Waals surface area contributed by atoms with Gasteiger partial charge in [0.2, 0.25) is 0 Å². The predicted octanol–water partition coefficient (Wildman–Crippen LogP) is 4.88. The van der Waals surface area contributed by atoms with Crippen molar-refractivity contribution in [2.75, 3.05) is 7.05 Å². The van der Waals surface area contributed by atoms with Crippen molar-refractivity contribution >= 4 is 11.3 Å². The number of thiazole rings is 1. The molecule has 1 unspecified atom stereocenters. The van der Waals surface area contributed by atoms with Crippen molar-refractivity contribution in [3.8, 4) is 0 Å². The molecule has 0 radical (unpaired) electrons. The van der Waals surface area contributed by atoms with Crippen LogP contribution < -0.4 is 5.32 Å². The van der Waals surface area contributed by atoms with Gasteiger partial charge in [0, 0.05) is 17.1 Å². The first-order chi connectivity index (χ1) is 9.82. The molecular formula is C15H23F3N2S. The molecule has 21 heavy (non-hydrogen) atoms. The number of hydrogen-bond donors (Lipinski definition) is 1. The van der Waals surface area contributed by atoms with E-state index in [0.29, 0.717) is 16.7 Å². The van der Waals surface area contributed by atoms with Crippen molar-refractivity contribution in [3.05, 3.63) is 16.1 Å². The van der Waals surface area contributed by atoms with Gasteiger partial charge in [-0.15, -0.1) is 11.3 Å². The zero-order valence-electron chi connectivity index (χ0n) is 12.7. The van der Waals surface area contributed by atoms with E-state index in [9.17, 15) is 13.2 Å². The Kier molecular flexibility index (Phi) is 5.30. The van der Waals surface area contributed by atoms with Gasteiger partial charge in [0.15, 0.2) is 5.01 Å². The standard InChI is InChI=1S/C15H23F3N2S/c1-9(2)10-4-6-11(7-5-10)13(19-3)12-8-20-14(21-12)15(16,17)18/h8-11,13,19H,4-7H2,1-3H3. The maximum atomic E-state index is 12.7. The Morgan fingerprint density at radius 2 is 1.76 bits per heavy atom. The summed E-state index contributed by atoms with van der Waals surface area (Å²) in [7, 11) is 1.83. The van der Waals surface area contributed by atoms with Crippen LogP contribution in [0.1, 0.15) is 55.5 Å². The van der Waals surface area contributed by atoms with Crippen LogP contribution in [0.2, 0.25) is 0 Å². The van der Waals surface area contributed by atoms with Gasteiger partial charge in [0.05, 0.1) is 0 Å². The summed E-state index contributed by atoms with van der Waals surface area (Å²) in [6, 6.07) is -0.00767. The van der Waals surface area contributed by atoms with Gasteiger partial charge in [-0.1, -0.05) is 13.8 Å². The topological polar surface area (TPSA) is 24.9 Å². The van der Waals surface area contributed by atoms with Crippen LogP contribution in [-0.2, 0) is 6.18 Å². The van der Waals surface area contributed by atoms with E-state index in [-0.39, 0.29) is 6.04 Å². The molecule has 0 amide bonds. The molecular weight excluding hydrogens is 297 g/mol. The molecule has 2 rings (SSSR count). The maximum Gasteiger partial charge on any atom is 0.443 e. The minimum Gasteiger partial charge on any atom is -0.312 e. The number of halogens is 3. The van der Waals surface area contributed by atoms with Crippen molar-refractivity contribution in [1.82, 2.24) is 10.3 Å². The summed E-state index contributed by atoms with van der Waals surface area (Å²) in [5.41, 5.74) is 0. The van der Waals surface area contributed by atoms with E-state index in [1.165, 1.54) is 19.0 Å². The summed E-state index contributed by atoms with van der Waals surface area (Å²) in [5.74, 6) is 1.86. The van der Waals surface area contributed by atoms with Crippen LogP contribution in [0.15, 0.2) is 6.20 Å². The van der Waals surface area contributed by atoms with Crippen LogP contribution in [0, 0.1) is 17.8 Å². The number of nitrogens with one attached hydrogen (secondary N) is 1. The summed E-state index contributed by atoms with van der Waals surface area (Å²) in [6.07, 6.45) is 1.55. The summed E-state index contributed by atoms with van der Waals surface area (Å²) in [5, 5.41) is 2.46. The molecule has 1 aliphatic rings. The van der Waals surface area contributed by atoms with Crippen LogP contribution in [0.25, 0.3) is 0 Å². The normalized spacial score (nSPS) is 25.3. The first kappa shape index (κ1) is 16.7. The van der Waals surface area contributed by atoms with E-state index in [4.69, 9.17) is 0 Å². The van der Waals surface area contributed by atoms with Crippen LogP contribution in [0.4, 0.5) is 13.2 Å². The van der Waals surface area contributed by atoms with Gasteiger partial charge in [-0.05, 0) is 50.5 Å². The van der Waals surface area contributed by atoms with E-state index in [0.717, 1.165) is 30.1 Å². The first-order valence-electron chi connectivity index (χ1n) is 7.53. The third kappa shape index (κ3) is 3.97. The molecule has 6 heteroatoms. The fraction of sp³-hybridized carbons (Fsp3) is 0.800. The highest BCUT2D eigenvalue weighted by Crippen LogP contribution is 2.42. The molecule has 1 heterocycles. The Morgan fingerprint density at radius 3 is 2.19 bits per heavy atom. The summed E-state index contributed by atoms with van der Waals surface area (Å²) in [6.45, 7) is 4.50. The molecule has 0 spiro atoms. The van der Waals surface area contributed by atoms with Crippen molar-refractivity contribution < 1.29 is 13.2 Å². The Balaban J connectivity index is 2.05. The molecule has 1 saturated carbocycles. The zero-order chi connectivity index (χ0) is 15.6. The van der Waals surface area contributed by atoms with Gasteiger partial charge in [-0.2, -0.15) is 13.2 Å². The number of nitrogens with zero attached hydrogens (tertiary/aromatic N) is 1. The van der Waals surface area contributed by atoms with E-state index in [1.807, 2.05) is 7.05 Å². The molecule has 0 aromatic carbocycles. The lowest BCUT2D eigenvalue weighted by atomic mass is 9.74. The second-order valence-electron chi connectivity index (χ2n) is 6.25. The smallest absolute Gasteiger partial charge is 0.312 e. The lowest BCUT2D eigenvalue weighted by molar-refractivity contribution is -0.137. The molecule has 0 aliphatic heterocycles. The molecule has 1 fully saturated rings. The van der Waals surface area contributed by atoms with Gasteiger partial charge in [0.1, 0.15) is 0 Å². The van der Waals surface area contributed by atoms with Gasteiger partial charge < -0.3 is 5.32 Å². The quantitative estimate of drug-likeness (QED) is 0.855. The maximum absolute atomic E-state index is 12.7. The van der Waals surface area contributed by atoms with E-state index >= 15 is 0 Å². The molecule has 1 aromatic rings. The minimum atomic E-state index is -4.34. The summed E-state index contributed by atoms with van der Waals surface area (Å²) >= 11 is 0.775. The Labute approximate surface area is 128 Å². The molecule has 120 valence electrons. The molecule has 2 nitrogen and oxygen atoms in total. The van der Waals surface area contributed by atoms with Crippen LogP contribution in [-0.4, -0.2) is 12.0 Å². The van der Waals surface area contributed by atoms with Crippen LogP contribution in [0.5, 0.6) is 0 Å². The van der Waals surface area contributed by atoms with Gasteiger partial charge in [-0.25, -0.2) is 4.98 Å². The Bertz CT molecular complexity index is 448. The van der Waals surface area contributed by atoms with Crippen molar-refractivity contribution in [3.63, 3.8) is 0 Å². The molecule has 0 saturated heterocycles. The summed E-state index contributed by atoms with van der Waals surface area (Å²) in [4.78, 5) is 4.25. The van der Waals surface area contributed by atoms with Gasteiger partial charge >= 0.3 is 6.18 Å². The first-order valence-corrected chi connectivity index (χ1v) is 8.34. The highest BCUT2D eigenvalue weighted by molar-refractivity contribution is 7.11. The second kappa shape index (κ2) is 6.65. The zero-order valence-corrected chi connectivity index (χ0v) is 13.5.